The van der Waals surface area contributed by atoms with Gasteiger partial charge in [0.1, 0.15) is 0 Å². The normalized spacial score (nSPS) is 15.5. The zero-order chi connectivity index (χ0) is 22.3. The summed E-state index contributed by atoms with van der Waals surface area (Å²) in [6.45, 7) is 8.12. The van der Waals surface area contributed by atoms with Crippen LogP contribution in [0.25, 0.3) is 0 Å². The van der Waals surface area contributed by atoms with Crippen LogP contribution in [-0.2, 0) is 19.1 Å². The van der Waals surface area contributed by atoms with E-state index < -0.39 is 17.4 Å². The van der Waals surface area contributed by atoms with E-state index in [1.807, 2.05) is 6.92 Å². The molecule has 1 rings (SSSR count). The number of esters is 2. The van der Waals surface area contributed by atoms with Gasteiger partial charge in [0.05, 0.1) is 13.2 Å². The van der Waals surface area contributed by atoms with Gasteiger partial charge in [-0.1, -0.05) is 82.4 Å². The Hall–Kier alpha value is -1.84. The highest BCUT2D eigenvalue weighted by Crippen LogP contribution is 2.35. The lowest BCUT2D eigenvalue weighted by Crippen LogP contribution is -2.41. The van der Waals surface area contributed by atoms with Crippen LogP contribution < -0.4 is 0 Å². The predicted molar refractivity (Wildman–Crippen MR) is 123 cm³/mol. The topological polar surface area (TPSA) is 52.6 Å². The molecular formula is C26H42O4. The second kappa shape index (κ2) is 14.2. The molecule has 0 radical (unpaired) electrons. The van der Waals surface area contributed by atoms with E-state index in [0.29, 0.717) is 12.8 Å². The van der Waals surface area contributed by atoms with Crippen LogP contribution in [0.15, 0.2) is 36.5 Å². The van der Waals surface area contributed by atoms with Crippen molar-refractivity contribution in [3.05, 3.63) is 36.5 Å². The first kappa shape index (κ1) is 26.2. The average Bonchev–Trinajstić information content (AvgIpc) is 2.75. The van der Waals surface area contributed by atoms with Crippen molar-refractivity contribution >= 4 is 11.9 Å². The molecule has 170 valence electrons. The fraction of sp³-hybridized carbons (Fsp3) is 0.692. The Kier molecular flexibility index (Phi) is 12.4. The number of hydrogen-bond acceptors (Lipinski definition) is 4. The van der Waals surface area contributed by atoms with E-state index in [-0.39, 0.29) is 18.6 Å². The van der Waals surface area contributed by atoms with Crippen LogP contribution in [0.5, 0.6) is 0 Å². The van der Waals surface area contributed by atoms with Crippen LogP contribution in [0.1, 0.15) is 91.9 Å². The Morgan fingerprint density at radius 1 is 0.900 bits per heavy atom. The molecule has 0 N–H and O–H groups in total. The molecule has 0 heterocycles. The van der Waals surface area contributed by atoms with Crippen LogP contribution in [0.3, 0.4) is 0 Å². The maximum absolute atomic E-state index is 12.5. The lowest BCUT2D eigenvalue weighted by molar-refractivity contribution is -0.173. The van der Waals surface area contributed by atoms with E-state index >= 15 is 0 Å². The summed E-state index contributed by atoms with van der Waals surface area (Å²) < 4.78 is 10.4. The number of unbranched alkanes of at least 4 members (excludes halogenated alkanes) is 4. The van der Waals surface area contributed by atoms with E-state index in [4.69, 9.17) is 9.47 Å². The summed E-state index contributed by atoms with van der Waals surface area (Å²) in [5.41, 5.74) is -1.07. The number of hydrogen-bond donors (Lipinski definition) is 0. The Bertz CT molecular complexity index is 570. The minimum absolute atomic E-state index is 0.0828. The van der Waals surface area contributed by atoms with E-state index in [1.165, 1.54) is 0 Å². The number of carbonyl (C=O) groups is 2. The van der Waals surface area contributed by atoms with Crippen LogP contribution in [0.2, 0.25) is 0 Å². The fourth-order valence-corrected chi connectivity index (χ4v) is 4.09. The highest BCUT2D eigenvalue weighted by atomic mass is 16.6. The number of ether oxygens (including phenoxy) is 2. The van der Waals surface area contributed by atoms with Gasteiger partial charge >= 0.3 is 11.9 Å². The highest BCUT2D eigenvalue weighted by Gasteiger charge is 2.46. The largest absolute Gasteiger partial charge is 0.465 e. The molecule has 4 nitrogen and oxygen atoms in total. The molecule has 0 atom stereocenters. The summed E-state index contributed by atoms with van der Waals surface area (Å²) >= 11 is 0. The lowest BCUT2D eigenvalue weighted by Gasteiger charge is -2.28. The molecule has 0 aromatic heterocycles. The molecule has 0 saturated carbocycles. The zero-order valence-corrected chi connectivity index (χ0v) is 19.6. The van der Waals surface area contributed by atoms with Gasteiger partial charge in [0.15, 0.2) is 5.41 Å². The summed E-state index contributed by atoms with van der Waals surface area (Å²) in [6, 6.07) is 0. The van der Waals surface area contributed by atoms with Crippen molar-refractivity contribution in [3.8, 4) is 0 Å². The fourth-order valence-electron chi connectivity index (χ4n) is 4.09. The molecule has 0 aliphatic heterocycles. The number of rotatable bonds is 15. The van der Waals surface area contributed by atoms with Gasteiger partial charge in [-0.15, -0.1) is 0 Å². The number of allylic oxidation sites excluding steroid dienone is 6. The highest BCUT2D eigenvalue weighted by molar-refractivity contribution is 6.00. The molecule has 0 unspecified atom stereocenters. The molecule has 0 saturated heterocycles. The van der Waals surface area contributed by atoms with Crippen molar-refractivity contribution in [2.75, 3.05) is 13.2 Å². The van der Waals surface area contributed by atoms with E-state index in [2.05, 4.69) is 43.4 Å². The average molecular weight is 419 g/mol. The van der Waals surface area contributed by atoms with Gasteiger partial charge in [0.2, 0.25) is 0 Å². The Morgan fingerprint density at radius 2 is 1.47 bits per heavy atom. The van der Waals surface area contributed by atoms with Crippen molar-refractivity contribution in [2.45, 2.75) is 91.9 Å². The van der Waals surface area contributed by atoms with Crippen molar-refractivity contribution in [1.82, 2.24) is 0 Å². The minimum atomic E-state index is -1.15. The molecule has 0 amide bonds. The van der Waals surface area contributed by atoms with Gasteiger partial charge in [-0.2, -0.15) is 0 Å². The van der Waals surface area contributed by atoms with Gasteiger partial charge in [-0.25, -0.2) is 0 Å². The maximum Gasteiger partial charge on any atom is 0.323 e. The third-order valence-corrected chi connectivity index (χ3v) is 5.94. The Morgan fingerprint density at radius 3 is 2.00 bits per heavy atom. The van der Waals surface area contributed by atoms with Crippen LogP contribution in [0, 0.1) is 10.8 Å². The van der Waals surface area contributed by atoms with Crippen molar-refractivity contribution in [3.63, 3.8) is 0 Å². The van der Waals surface area contributed by atoms with Crippen molar-refractivity contribution < 1.29 is 19.1 Å². The third kappa shape index (κ3) is 7.77. The maximum atomic E-state index is 12.5. The van der Waals surface area contributed by atoms with Crippen LogP contribution in [0.4, 0.5) is 0 Å². The summed E-state index contributed by atoms with van der Waals surface area (Å²) in [4.78, 5) is 25.1. The molecule has 0 aromatic rings. The second-order valence-corrected chi connectivity index (χ2v) is 8.11. The van der Waals surface area contributed by atoms with Gasteiger partial charge in [0, 0.05) is 5.41 Å². The monoisotopic (exact) mass is 418 g/mol. The first-order chi connectivity index (χ1) is 14.5. The van der Waals surface area contributed by atoms with E-state index in [1.54, 1.807) is 13.8 Å². The van der Waals surface area contributed by atoms with E-state index in [0.717, 1.165) is 51.4 Å². The van der Waals surface area contributed by atoms with Gasteiger partial charge in [-0.05, 0) is 46.0 Å². The summed E-state index contributed by atoms with van der Waals surface area (Å²) in [7, 11) is 0. The van der Waals surface area contributed by atoms with Gasteiger partial charge < -0.3 is 9.47 Å². The Balaban J connectivity index is 2.49. The molecule has 0 aromatic carbocycles. The standard InChI is InChI=1S/C26H42O4/c1-5-9-18-25(20-15-13-16-21-25)19-14-11-10-12-17-22-26(6-2,23(27)29-7-3)24(28)30-8-4/h9,15-16,18,20-21H,5-8,10-14,17,19,22H2,1-4H3/b18-9-. The summed E-state index contributed by atoms with van der Waals surface area (Å²) in [6.07, 6.45) is 23.2. The van der Waals surface area contributed by atoms with Crippen molar-refractivity contribution in [2.24, 2.45) is 10.8 Å². The quantitative estimate of drug-likeness (QED) is 0.128. The van der Waals surface area contributed by atoms with Gasteiger partial charge in [-0.3, -0.25) is 9.59 Å². The summed E-state index contributed by atoms with van der Waals surface area (Å²) in [5.74, 6) is -0.877. The second-order valence-electron chi connectivity index (χ2n) is 8.11. The molecule has 1 aliphatic carbocycles. The van der Waals surface area contributed by atoms with E-state index in [9.17, 15) is 9.59 Å². The van der Waals surface area contributed by atoms with Crippen LogP contribution >= 0.6 is 0 Å². The zero-order valence-electron chi connectivity index (χ0n) is 19.6. The SMILES string of the molecule is CC/C=C\C1(CCCCCCCC(CC)(C(=O)OCC)C(=O)OCC)C=CCC=C1. The predicted octanol–water partition coefficient (Wildman–Crippen LogP) is 6.71. The smallest absolute Gasteiger partial charge is 0.323 e. The molecule has 0 fully saturated rings. The minimum Gasteiger partial charge on any atom is -0.465 e. The lowest BCUT2D eigenvalue weighted by atomic mass is 9.78. The van der Waals surface area contributed by atoms with Crippen LogP contribution in [-0.4, -0.2) is 25.2 Å². The molecule has 0 spiro atoms. The molecular weight excluding hydrogens is 376 g/mol. The first-order valence-corrected chi connectivity index (χ1v) is 11.9. The Labute approximate surface area is 183 Å². The molecule has 30 heavy (non-hydrogen) atoms. The molecule has 1 aliphatic rings. The molecule has 4 heteroatoms. The molecule has 0 bridgehead atoms. The van der Waals surface area contributed by atoms with Gasteiger partial charge in [0.25, 0.3) is 0 Å². The summed E-state index contributed by atoms with van der Waals surface area (Å²) in [5, 5.41) is 0. The van der Waals surface area contributed by atoms with Crippen molar-refractivity contribution in [1.29, 1.82) is 0 Å². The third-order valence-electron chi connectivity index (χ3n) is 5.94. The first-order valence-electron chi connectivity index (χ1n) is 11.9. The number of carbonyl (C=O) groups excluding carboxylic acids is 2.